The van der Waals surface area contributed by atoms with Crippen LogP contribution in [-0.4, -0.2) is 105 Å². The van der Waals surface area contributed by atoms with E-state index >= 15 is 0 Å². The summed E-state index contributed by atoms with van der Waals surface area (Å²) in [6, 6.07) is 2.72. The number of carbonyl (C=O) groups is 4. The summed E-state index contributed by atoms with van der Waals surface area (Å²) in [7, 11) is 1.51. The molecule has 0 radical (unpaired) electrons. The molecule has 4 atom stereocenters. The fourth-order valence-corrected chi connectivity index (χ4v) is 4.32. The Kier molecular flexibility index (Phi) is 11.1. The summed E-state index contributed by atoms with van der Waals surface area (Å²) in [6.07, 6.45) is -6.03. The lowest BCUT2D eigenvalue weighted by molar-refractivity contribution is -0.152. The van der Waals surface area contributed by atoms with Crippen LogP contribution in [-0.2, 0) is 35.1 Å². The number of hydrogen-bond acceptors (Lipinski definition) is 8. The molecule has 1 aromatic carbocycles. The number of alkyl halides is 3. The van der Waals surface area contributed by atoms with Crippen LogP contribution < -0.4 is 20.7 Å². The minimum atomic E-state index is -4.74. The second kappa shape index (κ2) is 14.1. The summed E-state index contributed by atoms with van der Waals surface area (Å²) in [4.78, 5) is 53.3. The maximum absolute atomic E-state index is 13.3. The molecule has 2 aliphatic heterocycles. The molecule has 3 amide bonds. The van der Waals surface area contributed by atoms with Crippen molar-refractivity contribution in [2.45, 2.75) is 63.0 Å². The molecule has 2 fully saturated rings. The number of carbonyl (C=O) groups excluding carboxylic acids is 4. The van der Waals surface area contributed by atoms with Crippen LogP contribution in [0.1, 0.15) is 32.3 Å². The summed E-state index contributed by atoms with van der Waals surface area (Å²) in [5.74, 6) is -2.34. The van der Waals surface area contributed by atoms with Gasteiger partial charge in [0, 0.05) is 13.1 Å². The van der Waals surface area contributed by atoms with Crippen LogP contribution in [0.15, 0.2) is 24.3 Å². The molecule has 41 heavy (non-hydrogen) atoms. The second-order valence-electron chi connectivity index (χ2n) is 10.4. The van der Waals surface area contributed by atoms with E-state index in [1.807, 2.05) is 4.90 Å². The van der Waals surface area contributed by atoms with Gasteiger partial charge < -0.3 is 30.2 Å². The van der Waals surface area contributed by atoms with Gasteiger partial charge in [-0.15, -0.1) is 0 Å². The summed E-state index contributed by atoms with van der Waals surface area (Å²) < 4.78 is 55.3. The molecule has 0 unspecified atom stereocenters. The topological polar surface area (TPSA) is 139 Å². The molecule has 2 aliphatic rings. The average Bonchev–Trinajstić information content (AvgIpc) is 3.68. The van der Waals surface area contributed by atoms with Crippen molar-refractivity contribution in [3.05, 3.63) is 29.8 Å². The summed E-state index contributed by atoms with van der Waals surface area (Å²) in [5.41, 5.74) is -0.615. The standard InChI is InChI=1S/C27H37F3N4O7/c1-17(31-22(35)15-34-10-12-40-13-11-34)24(37)32-20(9-6-18-4-7-19(39-3)8-5-18)25(38)33-21(14-27(28,29)30)23(36)26(2)16-41-26/h4-5,7-8,17,20-21H,6,9-16H2,1-3H3,(H,31,35)(H,32,37)(H,33,38)/t17-,20-,21-,26+/m0/s1. The zero-order chi connectivity index (χ0) is 30.2. The van der Waals surface area contributed by atoms with Gasteiger partial charge in [-0.05, 0) is 44.4 Å². The van der Waals surface area contributed by atoms with Crippen molar-refractivity contribution in [1.82, 2.24) is 20.9 Å². The fraction of sp³-hybridized carbons (Fsp3) is 0.630. The SMILES string of the molecule is COc1ccc(CC[C@H](NC(=O)[C@H](C)NC(=O)CN2CCOCC2)C(=O)N[C@@H](CC(F)(F)F)C(=O)[C@@]2(C)CO2)cc1. The van der Waals surface area contributed by atoms with Crippen LogP contribution in [0, 0.1) is 0 Å². The van der Waals surface area contributed by atoms with E-state index in [-0.39, 0.29) is 26.0 Å². The normalized spacial score (nSPS) is 21.2. The monoisotopic (exact) mass is 586 g/mol. The van der Waals surface area contributed by atoms with Crippen LogP contribution in [0.25, 0.3) is 0 Å². The smallest absolute Gasteiger partial charge is 0.391 e. The number of epoxide rings is 1. The molecular weight excluding hydrogens is 549 g/mol. The second-order valence-corrected chi connectivity index (χ2v) is 10.4. The third-order valence-electron chi connectivity index (χ3n) is 6.92. The van der Waals surface area contributed by atoms with Gasteiger partial charge in [-0.1, -0.05) is 12.1 Å². The first-order valence-electron chi connectivity index (χ1n) is 13.4. The Labute approximate surface area is 236 Å². The highest BCUT2D eigenvalue weighted by Crippen LogP contribution is 2.32. The number of rotatable bonds is 14. The van der Waals surface area contributed by atoms with Gasteiger partial charge in [-0.2, -0.15) is 13.2 Å². The molecule has 228 valence electrons. The number of nitrogens with zero attached hydrogens (tertiary/aromatic N) is 1. The zero-order valence-corrected chi connectivity index (χ0v) is 23.3. The molecule has 0 spiro atoms. The molecule has 0 aliphatic carbocycles. The highest BCUT2D eigenvalue weighted by molar-refractivity contribution is 5.98. The zero-order valence-electron chi connectivity index (χ0n) is 23.3. The summed E-state index contributed by atoms with van der Waals surface area (Å²) in [5, 5.41) is 7.29. The lowest BCUT2D eigenvalue weighted by Gasteiger charge is -2.27. The van der Waals surface area contributed by atoms with Crippen LogP contribution in [0.4, 0.5) is 13.2 Å². The first-order valence-corrected chi connectivity index (χ1v) is 13.4. The van der Waals surface area contributed by atoms with Crippen LogP contribution in [0.2, 0.25) is 0 Å². The predicted molar refractivity (Wildman–Crippen MR) is 140 cm³/mol. The number of Topliss-reactive ketones (excluding diaryl/α,β-unsaturated/α-hetero) is 1. The molecule has 0 saturated carbocycles. The molecular formula is C27H37F3N4O7. The molecule has 1 aromatic rings. The Morgan fingerprint density at radius 2 is 1.63 bits per heavy atom. The largest absolute Gasteiger partial charge is 0.497 e. The Bertz CT molecular complexity index is 1070. The number of halogens is 3. The molecule has 0 bridgehead atoms. The molecule has 11 nitrogen and oxygen atoms in total. The van der Waals surface area contributed by atoms with Crippen LogP contribution in [0.5, 0.6) is 5.75 Å². The first kappa shape index (κ1) is 32.3. The van der Waals surface area contributed by atoms with Crippen molar-refractivity contribution in [2.24, 2.45) is 0 Å². The maximum atomic E-state index is 13.3. The Balaban J connectivity index is 1.69. The number of ether oxygens (including phenoxy) is 3. The Morgan fingerprint density at radius 3 is 2.20 bits per heavy atom. The van der Waals surface area contributed by atoms with Crippen LogP contribution in [0.3, 0.4) is 0 Å². The number of nitrogens with one attached hydrogen (secondary N) is 3. The third-order valence-corrected chi connectivity index (χ3v) is 6.92. The van der Waals surface area contributed by atoms with E-state index in [4.69, 9.17) is 14.2 Å². The molecule has 3 N–H and O–H groups in total. The van der Waals surface area contributed by atoms with Crippen molar-refractivity contribution in [3.8, 4) is 5.75 Å². The molecule has 2 saturated heterocycles. The number of aryl methyl sites for hydroxylation is 1. The van der Waals surface area contributed by atoms with E-state index in [1.54, 1.807) is 24.3 Å². The van der Waals surface area contributed by atoms with E-state index in [0.717, 1.165) is 5.56 Å². The minimum Gasteiger partial charge on any atom is -0.497 e. The van der Waals surface area contributed by atoms with Gasteiger partial charge in [0.15, 0.2) is 5.78 Å². The van der Waals surface area contributed by atoms with Crippen LogP contribution >= 0.6 is 0 Å². The minimum absolute atomic E-state index is 0.0129. The van der Waals surface area contributed by atoms with Gasteiger partial charge in [0.1, 0.15) is 23.4 Å². The quantitative estimate of drug-likeness (QED) is 0.272. The molecule has 14 heteroatoms. The highest BCUT2D eigenvalue weighted by atomic mass is 19.4. The fourth-order valence-electron chi connectivity index (χ4n) is 4.32. The van der Waals surface area contributed by atoms with Crippen molar-refractivity contribution >= 4 is 23.5 Å². The summed E-state index contributed by atoms with van der Waals surface area (Å²) in [6.45, 7) is 4.95. The van der Waals surface area contributed by atoms with Gasteiger partial charge in [0.25, 0.3) is 0 Å². The molecule has 0 aromatic heterocycles. The lowest BCUT2D eigenvalue weighted by atomic mass is 9.97. The summed E-state index contributed by atoms with van der Waals surface area (Å²) >= 11 is 0. The molecule has 2 heterocycles. The van der Waals surface area contributed by atoms with E-state index in [9.17, 15) is 32.3 Å². The van der Waals surface area contributed by atoms with Gasteiger partial charge in [0.05, 0.1) is 45.9 Å². The number of benzene rings is 1. The van der Waals surface area contributed by atoms with E-state index in [1.165, 1.54) is 21.0 Å². The number of morpholine rings is 1. The van der Waals surface area contributed by atoms with E-state index < -0.39 is 59.8 Å². The third kappa shape index (κ3) is 10.3. The number of methoxy groups -OCH3 is 1. The van der Waals surface area contributed by atoms with Crippen molar-refractivity contribution in [3.63, 3.8) is 0 Å². The Morgan fingerprint density at radius 1 is 1.02 bits per heavy atom. The van der Waals surface area contributed by atoms with E-state index in [2.05, 4.69) is 16.0 Å². The van der Waals surface area contributed by atoms with E-state index in [0.29, 0.717) is 32.1 Å². The molecule has 3 rings (SSSR count). The van der Waals surface area contributed by atoms with Gasteiger partial charge in [-0.3, -0.25) is 24.1 Å². The predicted octanol–water partition coefficient (Wildman–Crippen LogP) is 0.745. The average molecular weight is 587 g/mol. The highest BCUT2D eigenvalue weighted by Gasteiger charge is 2.52. The van der Waals surface area contributed by atoms with Crippen molar-refractivity contribution in [2.75, 3.05) is 46.6 Å². The number of ketones is 1. The van der Waals surface area contributed by atoms with Gasteiger partial charge >= 0.3 is 6.18 Å². The first-order chi connectivity index (χ1) is 19.3. The van der Waals surface area contributed by atoms with Gasteiger partial charge in [0.2, 0.25) is 17.7 Å². The lowest BCUT2D eigenvalue weighted by Crippen LogP contribution is -2.57. The number of hydrogen-bond donors (Lipinski definition) is 3. The van der Waals surface area contributed by atoms with Crippen molar-refractivity contribution in [1.29, 1.82) is 0 Å². The number of amides is 3. The van der Waals surface area contributed by atoms with Gasteiger partial charge in [-0.25, -0.2) is 0 Å². The maximum Gasteiger partial charge on any atom is 0.391 e. The van der Waals surface area contributed by atoms with Crippen molar-refractivity contribution < 1.29 is 46.6 Å². The Hall–Kier alpha value is -3.23.